The van der Waals surface area contributed by atoms with Crippen LogP contribution in [0.25, 0.3) is 0 Å². The number of unbranched alkanes of at least 4 members (excludes halogenated alkanes) is 51. The molecule has 0 bridgehead atoms. The minimum atomic E-state index is -0.666. The molecule has 0 radical (unpaired) electrons. The molecule has 0 aliphatic rings. The quantitative estimate of drug-likeness (QED) is 0.0417. The van der Waals surface area contributed by atoms with E-state index in [0.29, 0.717) is 25.9 Å². The molecule has 424 valence electrons. The molecule has 0 fully saturated rings. The maximum Gasteiger partial charge on any atom is 0.305 e. The highest BCUT2D eigenvalue weighted by atomic mass is 16.5. The zero-order valence-corrected chi connectivity index (χ0v) is 48.5. The zero-order chi connectivity index (χ0) is 51.4. The molecule has 0 aromatic carbocycles. The molecule has 0 rings (SSSR count). The minimum Gasteiger partial charge on any atom is -0.466 e. The van der Waals surface area contributed by atoms with Gasteiger partial charge in [0.2, 0.25) is 5.91 Å². The van der Waals surface area contributed by atoms with Crippen molar-refractivity contribution in [2.75, 3.05) is 13.2 Å². The van der Waals surface area contributed by atoms with Crippen molar-refractivity contribution in [1.82, 2.24) is 5.32 Å². The summed E-state index contributed by atoms with van der Waals surface area (Å²) >= 11 is 0. The van der Waals surface area contributed by atoms with Gasteiger partial charge < -0.3 is 20.3 Å². The van der Waals surface area contributed by atoms with Crippen molar-refractivity contribution in [2.24, 2.45) is 0 Å². The number of carbonyl (C=O) groups is 2. The van der Waals surface area contributed by atoms with E-state index in [-0.39, 0.29) is 18.5 Å². The van der Waals surface area contributed by atoms with Crippen LogP contribution in [0.2, 0.25) is 0 Å². The van der Waals surface area contributed by atoms with Gasteiger partial charge in [0, 0.05) is 12.8 Å². The molecular formula is C65H129NO5. The average Bonchev–Trinajstić information content (AvgIpc) is 3.37. The van der Waals surface area contributed by atoms with E-state index >= 15 is 0 Å². The molecule has 0 aromatic heterocycles. The van der Waals surface area contributed by atoms with E-state index in [4.69, 9.17) is 4.74 Å². The van der Waals surface area contributed by atoms with Gasteiger partial charge in [-0.05, 0) is 25.7 Å². The number of hydrogen-bond donors (Lipinski definition) is 3. The molecule has 71 heavy (non-hydrogen) atoms. The maximum absolute atomic E-state index is 12.5. The summed E-state index contributed by atoms with van der Waals surface area (Å²) in [5.41, 5.74) is 0. The summed E-state index contributed by atoms with van der Waals surface area (Å²) in [7, 11) is 0. The van der Waals surface area contributed by atoms with E-state index in [0.717, 1.165) is 38.5 Å². The number of nitrogens with one attached hydrogen (secondary N) is 1. The molecule has 6 nitrogen and oxygen atoms in total. The van der Waals surface area contributed by atoms with Crippen molar-refractivity contribution >= 4 is 11.9 Å². The summed E-state index contributed by atoms with van der Waals surface area (Å²) in [6.45, 7) is 4.99. The molecule has 6 heteroatoms. The predicted octanol–water partition coefficient (Wildman–Crippen LogP) is 20.6. The van der Waals surface area contributed by atoms with Gasteiger partial charge in [0.15, 0.2) is 0 Å². The summed E-state index contributed by atoms with van der Waals surface area (Å²) in [5.74, 6) is -0.0200. The van der Waals surface area contributed by atoms with Gasteiger partial charge in [-0.3, -0.25) is 9.59 Å². The monoisotopic (exact) mass is 1000 g/mol. The molecule has 0 spiro atoms. The molecule has 0 heterocycles. The van der Waals surface area contributed by atoms with Crippen molar-refractivity contribution in [3.8, 4) is 0 Å². The molecule has 0 aromatic rings. The number of amides is 1. The van der Waals surface area contributed by atoms with Crippen molar-refractivity contribution < 1.29 is 24.5 Å². The second-order valence-electron chi connectivity index (χ2n) is 22.8. The highest BCUT2D eigenvalue weighted by Crippen LogP contribution is 2.19. The van der Waals surface area contributed by atoms with Crippen molar-refractivity contribution in [2.45, 2.75) is 392 Å². The van der Waals surface area contributed by atoms with Gasteiger partial charge in [-0.1, -0.05) is 341 Å². The van der Waals surface area contributed by atoms with Crippen molar-refractivity contribution in [3.05, 3.63) is 0 Å². The van der Waals surface area contributed by atoms with E-state index in [2.05, 4.69) is 19.2 Å². The normalized spacial score (nSPS) is 12.5. The number of aliphatic hydroxyl groups excluding tert-OH is 2. The molecule has 0 aliphatic heterocycles. The first-order chi connectivity index (χ1) is 35.0. The Kier molecular flexibility index (Phi) is 60.4. The highest BCUT2D eigenvalue weighted by Gasteiger charge is 2.20. The molecule has 1 amide bonds. The molecule has 2 unspecified atom stereocenters. The lowest BCUT2D eigenvalue weighted by atomic mass is 10.0. The van der Waals surface area contributed by atoms with Gasteiger partial charge in [-0.2, -0.15) is 0 Å². The van der Waals surface area contributed by atoms with Gasteiger partial charge in [0.25, 0.3) is 0 Å². The van der Waals surface area contributed by atoms with Crippen LogP contribution in [-0.2, 0) is 14.3 Å². The highest BCUT2D eigenvalue weighted by molar-refractivity contribution is 5.76. The molecule has 0 aliphatic carbocycles. The van der Waals surface area contributed by atoms with E-state index < -0.39 is 12.1 Å². The van der Waals surface area contributed by atoms with Crippen LogP contribution < -0.4 is 5.32 Å². The predicted molar refractivity (Wildman–Crippen MR) is 310 cm³/mol. The first kappa shape index (κ1) is 69.9. The minimum absolute atomic E-state index is 0.0128. The van der Waals surface area contributed by atoms with Crippen molar-refractivity contribution in [1.29, 1.82) is 0 Å². The van der Waals surface area contributed by atoms with Gasteiger partial charge in [-0.15, -0.1) is 0 Å². The molecular weight excluding hydrogens is 875 g/mol. The van der Waals surface area contributed by atoms with Crippen molar-refractivity contribution in [3.63, 3.8) is 0 Å². The Labute approximate surface area is 445 Å². The Morgan fingerprint density at radius 1 is 0.338 bits per heavy atom. The first-order valence-electron chi connectivity index (χ1n) is 32.8. The van der Waals surface area contributed by atoms with Crippen LogP contribution in [0.3, 0.4) is 0 Å². The van der Waals surface area contributed by atoms with Gasteiger partial charge in [0.05, 0.1) is 25.4 Å². The fraction of sp³-hybridized carbons (Fsp3) is 0.969. The third-order valence-electron chi connectivity index (χ3n) is 15.7. The number of ether oxygens (including phenoxy) is 1. The van der Waals surface area contributed by atoms with Gasteiger partial charge in [-0.25, -0.2) is 0 Å². The van der Waals surface area contributed by atoms with E-state index in [9.17, 15) is 19.8 Å². The lowest BCUT2D eigenvalue weighted by Gasteiger charge is -2.22. The Hall–Kier alpha value is -1.14. The van der Waals surface area contributed by atoms with Gasteiger partial charge >= 0.3 is 5.97 Å². The van der Waals surface area contributed by atoms with Crippen LogP contribution >= 0.6 is 0 Å². The van der Waals surface area contributed by atoms with Crippen LogP contribution in [0.4, 0.5) is 0 Å². The lowest BCUT2D eigenvalue weighted by Crippen LogP contribution is -2.45. The smallest absolute Gasteiger partial charge is 0.305 e. The second-order valence-corrected chi connectivity index (χ2v) is 22.8. The van der Waals surface area contributed by atoms with Crippen LogP contribution in [0, 0.1) is 0 Å². The standard InChI is InChI=1S/C65H129NO5/c1-3-5-7-9-11-13-15-17-19-20-21-22-24-27-30-33-37-41-45-49-53-57-63(68)62(61-67)66-64(69)58-54-50-46-42-38-34-31-28-25-23-26-29-32-36-40-44-48-52-56-60-71-65(70)59-55-51-47-43-39-35-18-16-14-12-10-8-6-4-2/h62-63,67-68H,3-61H2,1-2H3,(H,66,69). The Balaban J connectivity index is 3.38. The number of hydrogen-bond acceptors (Lipinski definition) is 5. The van der Waals surface area contributed by atoms with Crippen LogP contribution in [-0.4, -0.2) is 47.4 Å². The largest absolute Gasteiger partial charge is 0.466 e. The summed E-state index contributed by atoms with van der Waals surface area (Å²) in [4.78, 5) is 24.6. The Morgan fingerprint density at radius 2 is 0.577 bits per heavy atom. The molecule has 0 saturated heterocycles. The number of esters is 1. The molecule has 0 saturated carbocycles. The fourth-order valence-corrected chi connectivity index (χ4v) is 10.6. The second kappa shape index (κ2) is 61.4. The summed E-state index contributed by atoms with van der Waals surface area (Å²) in [6, 6.07) is -0.543. The average molecular weight is 1000 g/mol. The van der Waals surface area contributed by atoms with Crippen LogP contribution in [0.1, 0.15) is 380 Å². The Morgan fingerprint density at radius 3 is 0.859 bits per heavy atom. The maximum atomic E-state index is 12.5. The Bertz CT molecular complexity index is 1020. The number of rotatable bonds is 62. The lowest BCUT2D eigenvalue weighted by molar-refractivity contribution is -0.143. The summed E-state index contributed by atoms with van der Waals surface area (Å²) < 4.78 is 5.49. The topological polar surface area (TPSA) is 95.9 Å². The van der Waals surface area contributed by atoms with Crippen LogP contribution in [0.15, 0.2) is 0 Å². The van der Waals surface area contributed by atoms with E-state index in [1.54, 1.807) is 0 Å². The number of aliphatic hydroxyl groups is 2. The summed E-state index contributed by atoms with van der Waals surface area (Å²) in [6.07, 6.45) is 72.6. The SMILES string of the molecule is CCCCCCCCCCCCCCCCCCCCCCCC(O)C(CO)NC(=O)CCCCCCCCCCCCCCCCCCCCCOC(=O)CCCCCCCCCCCCCCCC. The number of carbonyl (C=O) groups excluding carboxylic acids is 2. The third kappa shape index (κ3) is 58.0. The third-order valence-corrected chi connectivity index (χ3v) is 15.7. The van der Waals surface area contributed by atoms with E-state index in [1.807, 2.05) is 0 Å². The fourth-order valence-electron chi connectivity index (χ4n) is 10.6. The first-order valence-corrected chi connectivity index (χ1v) is 32.8. The molecule has 3 N–H and O–H groups in total. The van der Waals surface area contributed by atoms with E-state index in [1.165, 1.54) is 308 Å². The zero-order valence-electron chi connectivity index (χ0n) is 48.5. The van der Waals surface area contributed by atoms with Crippen LogP contribution in [0.5, 0.6) is 0 Å². The van der Waals surface area contributed by atoms with Gasteiger partial charge in [0.1, 0.15) is 0 Å². The molecule has 2 atom stereocenters. The summed E-state index contributed by atoms with van der Waals surface area (Å²) in [5, 5.41) is 23.4.